The molecule has 0 aromatic carbocycles. The number of thiazole rings is 1. The van der Waals surface area contributed by atoms with Gasteiger partial charge in [-0.1, -0.05) is 0 Å². The zero-order valence-electron chi connectivity index (χ0n) is 12.0. The summed E-state index contributed by atoms with van der Waals surface area (Å²) in [7, 11) is 0. The number of nitrogens with zero attached hydrogens (tertiary/aromatic N) is 2. The van der Waals surface area contributed by atoms with Gasteiger partial charge in [0.2, 0.25) is 5.91 Å². The molecular formula is C14H19N3O3S. The molecule has 0 radical (unpaired) electrons. The number of amides is 1. The minimum Gasteiger partial charge on any atom is -0.388 e. The molecule has 0 saturated carbocycles. The molecule has 1 saturated heterocycles. The summed E-state index contributed by atoms with van der Waals surface area (Å²) in [6.45, 7) is 3.31. The van der Waals surface area contributed by atoms with E-state index in [1.807, 2.05) is 22.9 Å². The van der Waals surface area contributed by atoms with Crippen molar-refractivity contribution in [1.82, 2.24) is 14.7 Å². The van der Waals surface area contributed by atoms with Crippen LogP contribution in [-0.4, -0.2) is 45.8 Å². The highest BCUT2D eigenvalue weighted by Gasteiger charge is 2.30. The normalized spacial score (nSPS) is 18.0. The Hall–Kier alpha value is -1.44. The van der Waals surface area contributed by atoms with Gasteiger partial charge in [-0.15, -0.1) is 11.3 Å². The van der Waals surface area contributed by atoms with E-state index in [2.05, 4.69) is 10.3 Å². The van der Waals surface area contributed by atoms with E-state index in [0.717, 1.165) is 16.3 Å². The lowest BCUT2D eigenvalue weighted by Gasteiger charge is -2.32. The number of aromatic nitrogens is 2. The number of imidazole rings is 1. The maximum atomic E-state index is 12.1. The Kier molecular flexibility index (Phi) is 3.97. The van der Waals surface area contributed by atoms with Crippen LogP contribution in [-0.2, 0) is 16.0 Å². The van der Waals surface area contributed by atoms with E-state index in [-0.39, 0.29) is 12.5 Å². The number of aliphatic hydroxyl groups is 1. The predicted octanol–water partition coefficient (Wildman–Crippen LogP) is 0.904. The summed E-state index contributed by atoms with van der Waals surface area (Å²) in [5.74, 6) is -0.0824. The summed E-state index contributed by atoms with van der Waals surface area (Å²) in [4.78, 5) is 17.3. The summed E-state index contributed by atoms with van der Waals surface area (Å²) >= 11 is 1.53. The van der Waals surface area contributed by atoms with Crippen LogP contribution in [0.4, 0.5) is 0 Å². The van der Waals surface area contributed by atoms with Crippen molar-refractivity contribution in [3.63, 3.8) is 0 Å². The standard InChI is InChI=1S/C14H19N3O3S/c1-10-7-17-11(8-21-13(17)16-10)6-12(18)15-9-14(19)2-4-20-5-3-14/h7-8,19H,2-6,9H2,1H3,(H,15,18). The van der Waals surface area contributed by atoms with Crippen molar-refractivity contribution in [2.45, 2.75) is 31.8 Å². The first-order valence-corrected chi connectivity index (χ1v) is 7.93. The fourth-order valence-electron chi connectivity index (χ4n) is 2.49. The van der Waals surface area contributed by atoms with Crippen LogP contribution in [0, 0.1) is 6.92 Å². The summed E-state index contributed by atoms with van der Waals surface area (Å²) in [6, 6.07) is 0. The van der Waals surface area contributed by atoms with Gasteiger partial charge in [0.15, 0.2) is 4.96 Å². The second-order valence-corrected chi connectivity index (χ2v) is 6.39. The third-order valence-electron chi connectivity index (χ3n) is 3.78. The van der Waals surface area contributed by atoms with Crippen LogP contribution in [0.5, 0.6) is 0 Å². The smallest absolute Gasteiger partial charge is 0.226 e. The van der Waals surface area contributed by atoms with E-state index in [0.29, 0.717) is 32.5 Å². The highest BCUT2D eigenvalue weighted by Crippen LogP contribution is 2.20. The number of carbonyl (C=O) groups is 1. The lowest BCUT2D eigenvalue weighted by atomic mass is 9.94. The number of nitrogens with one attached hydrogen (secondary N) is 1. The predicted molar refractivity (Wildman–Crippen MR) is 79.5 cm³/mol. The third-order valence-corrected chi connectivity index (χ3v) is 4.67. The number of fused-ring (bicyclic) bond motifs is 1. The Labute approximate surface area is 126 Å². The van der Waals surface area contributed by atoms with Crippen molar-refractivity contribution in [1.29, 1.82) is 0 Å². The number of aryl methyl sites for hydroxylation is 1. The van der Waals surface area contributed by atoms with Gasteiger partial charge in [-0.05, 0) is 6.92 Å². The molecule has 0 spiro atoms. The topological polar surface area (TPSA) is 75.9 Å². The van der Waals surface area contributed by atoms with Crippen LogP contribution < -0.4 is 5.32 Å². The van der Waals surface area contributed by atoms with Gasteiger partial charge in [-0.3, -0.25) is 9.20 Å². The number of carbonyl (C=O) groups excluding carboxylic acids is 1. The number of hydrogen-bond acceptors (Lipinski definition) is 5. The van der Waals surface area contributed by atoms with Crippen molar-refractivity contribution in [2.24, 2.45) is 0 Å². The van der Waals surface area contributed by atoms with E-state index in [1.165, 1.54) is 11.3 Å². The number of ether oxygens (including phenoxy) is 1. The molecule has 3 heterocycles. The van der Waals surface area contributed by atoms with Crippen molar-refractivity contribution in [2.75, 3.05) is 19.8 Å². The van der Waals surface area contributed by atoms with E-state index in [1.54, 1.807) is 0 Å². The van der Waals surface area contributed by atoms with Gasteiger partial charge >= 0.3 is 0 Å². The Bertz CT molecular complexity index is 643. The lowest BCUT2D eigenvalue weighted by molar-refractivity contribution is -0.123. The maximum Gasteiger partial charge on any atom is 0.226 e. The van der Waals surface area contributed by atoms with E-state index in [9.17, 15) is 9.90 Å². The molecule has 2 aromatic rings. The average molecular weight is 309 g/mol. The molecule has 1 fully saturated rings. The first kappa shape index (κ1) is 14.5. The van der Waals surface area contributed by atoms with Gasteiger partial charge in [-0.25, -0.2) is 4.98 Å². The van der Waals surface area contributed by atoms with Crippen molar-refractivity contribution < 1.29 is 14.6 Å². The fourth-order valence-corrected chi connectivity index (χ4v) is 3.41. The van der Waals surface area contributed by atoms with E-state index >= 15 is 0 Å². The van der Waals surface area contributed by atoms with Gasteiger partial charge in [0.1, 0.15) is 0 Å². The van der Waals surface area contributed by atoms with Gasteiger partial charge < -0.3 is 15.2 Å². The third kappa shape index (κ3) is 3.25. The number of hydrogen-bond donors (Lipinski definition) is 2. The van der Waals surface area contributed by atoms with Crippen LogP contribution in [0.1, 0.15) is 24.2 Å². The van der Waals surface area contributed by atoms with Crippen molar-refractivity contribution >= 4 is 22.2 Å². The Morgan fingerprint density at radius 2 is 2.33 bits per heavy atom. The molecule has 1 amide bonds. The molecule has 7 heteroatoms. The molecule has 0 aliphatic carbocycles. The molecule has 2 N–H and O–H groups in total. The number of rotatable bonds is 4. The molecule has 0 bridgehead atoms. The van der Waals surface area contributed by atoms with Gasteiger partial charge in [0.25, 0.3) is 0 Å². The molecule has 21 heavy (non-hydrogen) atoms. The van der Waals surface area contributed by atoms with Crippen LogP contribution in [0.15, 0.2) is 11.6 Å². The van der Waals surface area contributed by atoms with Gasteiger partial charge in [0, 0.05) is 49.9 Å². The van der Waals surface area contributed by atoms with Crippen LogP contribution in [0.25, 0.3) is 4.96 Å². The summed E-state index contributed by atoms with van der Waals surface area (Å²) < 4.78 is 7.17. The van der Waals surface area contributed by atoms with E-state index < -0.39 is 5.60 Å². The summed E-state index contributed by atoms with van der Waals surface area (Å²) in [5, 5.41) is 15.1. The Morgan fingerprint density at radius 1 is 1.57 bits per heavy atom. The molecule has 0 unspecified atom stereocenters. The minimum atomic E-state index is -0.830. The van der Waals surface area contributed by atoms with E-state index in [4.69, 9.17) is 4.74 Å². The highest BCUT2D eigenvalue weighted by atomic mass is 32.1. The molecule has 3 rings (SSSR count). The van der Waals surface area contributed by atoms with Gasteiger partial charge in [-0.2, -0.15) is 0 Å². The molecule has 0 atom stereocenters. The highest BCUT2D eigenvalue weighted by molar-refractivity contribution is 7.15. The van der Waals surface area contributed by atoms with Crippen LogP contribution in [0.3, 0.4) is 0 Å². The van der Waals surface area contributed by atoms with Crippen molar-refractivity contribution in [3.8, 4) is 0 Å². The molecule has 2 aromatic heterocycles. The SMILES string of the molecule is Cc1cn2c(CC(=O)NCC3(O)CCOCC3)csc2n1. The lowest BCUT2D eigenvalue weighted by Crippen LogP contribution is -2.47. The van der Waals surface area contributed by atoms with Gasteiger partial charge in [0.05, 0.1) is 17.7 Å². The Balaban J connectivity index is 1.58. The zero-order chi connectivity index (χ0) is 14.9. The van der Waals surface area contributed by atoms with Crippen LogP contribution in [0.2, 0.25) is 0 Å². The second kappa shape index (κ2) is 5.75. The summed E-state index contributed by atoms with van der Waals surface area (Å²) in [5.41, 5.74) is 1.04. The van der Waals surface area contributed by atoms with Crippen LogP contribution >= 0.6 is 11.3 Å². The maximum absolute atomic E-state index is 12.1. The summed E-state index contributed by atoms with van der Waals surface area (Å²) in [6.07, 6.45) is 3.36. The molecule has 1 aliphatic rings. The first-order valence-electron chi connectivity index (χ1n) is 7.05. The fraction of sp³-hybridized carbons (Fsp3) is 0.571. The molecule has 6 nitrogen and oxygen atoms in total. The average Bonchev–Trinajstić information content (AvgIpc) is 2.98. The molecular weight excluding hydrogens is 290 g/mol. The van der Waals surface area contributed by atoms with Crippen molar-refractivity contribution in [3.05, 3.63) is 23.0 Å². The second-order valence-electron chi connectivity index (χ2n) is 5.55. The zero-order valence-corrected chi connectivity index (χ0v) is 12.8. The monoisotopic (exact) mass is 309 g/mol. The molecule has 114 valence electrons. The largest absolute Gasteiger partial charge is 0.388 e. The minimum absolute atomic E-state index is 0.0824. The first-order chi connectivity index (χ1) is 10.1. The Morgan fingerprint density at radius 3 is 3.10 bits per heavy atom. The quantitative estimate of drug-likeness (QED) is 0.880. The molecule has 1 aliphatic heterocycles.